The second-order valence-corrected chi connectivity index (χ2v) is 4.27. The van der Waals surface area contributed by atoms with Gasteiger partial charge in [0.25, 0.3) is 0 Å². The second-order valence-electron chi connectivity index (χ2n) is 3.86. The minimum absolute atomic E-state index is 0. The van der Waals surface area contributed by atoms with E-state index < -0.39 is 0 Å². The fourth-order valence-corrected chi connectivity index (χ4v) is 1.93. The molecule has 0 spiro atoms. The number of terminal acetylenes is 1. The Bertz CT molecular complexity index is 704. The van der Waals surface area contributed by atoms with Crippen LogP contribution in [0.25, 0.3) is 11.3 Å². The molecule has 0 bridgehead atoms. The van der Waals surface area contributed by atoms with Crippen molar-refractivity contribution in [3.63, 3.8) is 0 Å². The molecule has 2 aromatic rings. The summed E-state index contributed by atoms with van der Waals surface area (Å²) >= 11 is 6.20. The van der Waals surface area contributed by atoms with Crippen molar-refractivity contribution < 1.29 is 37.4 Å². The van der Waals surface area contributed by atoms with Crippen molar-refractivity contribution in [2.75, 3.05) is 6.61 Å². The van der Waals surface area contributed by atoms with Gasteiger partial charge in [0.2, 0.25) is 0 Å². The molecule has 1 radical (unpaired) electrons. The molecule has 0 unspecified atom stereocenters. The molecular weight excluding hydrogens is 351 g/mol. The Balaban J connectivity index is 0.00000200. The number of aromatic nitrogens is 1. The number of ether oxygens (including phenoxy) is 1. The van der Waals surface area contributed by atoms with Crippen LogP contribution in [0, 0.1) is 18.4 Å². The third-order valence-corrected chi connectivity index (χ3v) is 2.94. The topological polar surface area (TPSA) is 31.2 Å². The van der Waals surface area contributed by atoms with Crippen LogP contribution >= 0.6 is 11.6 Å². The van der Waals surface area contributed by atoms with E-state index in [1.54, 1.807) is 31.3 Å². The summed E-state index contributed by atoms with van der Waals surface area (Å²) in [6, 6.07) is 11.2. The zero-order valence-electron chi connectivity index (χ0n) is 10.9. The molecule has 1 heterocycles. The number of rotatable bonds is 3. The Labute approximate surface area is 147 Å². The van der Waals surface area contributed by atoms with Crippen LogP contribution in [0.15, 0.2) is 35.1 Å². The SMILES string of the molecule is C#CCOc1ccc(-c2[c-]ccc(=O)n2C)c(Cl)c1.[Y]. The maximum absolute atomic E-state index is 11.6. The molecule has 0 saturated carbocycles. The molecule has 1 aromatic carbocycles. The summed E-state index contributed by atoms with van der Waals surface area (Å²) in [6.45, 7) is 0.186. The molecule has 99 valence electrons. The second kappa shape index (κ2) is 7.64. The van der Waals surface area contributed by atoms with Crippen LogP contribution in [0.2, 0.25) is 5.02 Å². The fourth-order valence-electron chi connectivity index (χ4n) is 1.67. The maximum atomic E-state index is 11.6. The molecule has 5 heteroatoms. The minimum atomic E-state index is -0.113. The third-order valence-electron chi connectivity index (χ3n) is 2.63. The van der Waals surface area contributed by atoms with Crippen LogP contribution in [-0.4, -0.2) is 11.2 Å². The monoisotopic (exact) mass is 361 g/mol. The number of pyridine rings is 1. The predicted octanol–water partition coefficient (Wildman–Crippen LogP) is 2.52. The van der Waals surface area contributed by atoms with Gasteiger partial charge in [-0.2, -0.15) is 12.1 Å². The molecule has 20 heavy (non-hydrogen) atoms. The molecule has 0 aliphatic heterocycles. The Morgan fingerprint density at radius 1 is 1.45 bits per heavy atom. The molecule has 1 aromatic heterocycles. The van der Waals surface area contributed by atoms with Gasteiger partial charge in [-0.15, -0.1) is 12.5 Å². The molecular formula is C15H11ClNO2Y-. The van der Waals surface area contributed by atoms with Crippen molar-refractivity contribution in [2.24, 2.45) is 7.05 Å². The van der Waals surface area contributed by atoms with E-state index in [2.05, 4.69) is 12.0 Å². The molecule has 0 fully saturated rings. The Morgan fingerprint density at radius 2 is 2.20 bits per heavy atom. The third kappa shape index (κ3) is 3.73. The van der Waals surface area contributed by atoms with Gasteiger partial charge >= 0.3 is 0 Å². The van der Waals surface area contributed by atoms with Crippen LogP contribution in [-0.2, 0) is 39.8 Å². The average molecular weight is 362 g/mol. The van der Waals surface area contributed by atoms with Gasteiger partial charge in [-0.1, -0.05) is 34.8 Å². The van der Waals surface area contributed by atoms with E-state index >= 15 is 0 Å². The van der Waals surface area contributed by atoms with Gasteiger partial charge in [0.05, 0.1) is 0 Å². The van der Waals surface area contributed by atoms with Crippen molar-refractivity contribution in [1.82, 2.24) is 4.57 Å². The number of hydrogen-bond acceptors (Lipinski definition) is 2. The van der Waals surface area contributed by atoms with Crippen LogP contribution in [0.1, 0.15) is 0 Å². The van der Waals surface area contributed by atoms with Gasteiger partial charge in [0.1, 0.15) is 12.4 Å². The van der Waals surface area contributed by atoms with Crippen molar-refractivity contribution in [3.8, 4) is 29.4 Å². The van der Waals surface area contributed by atoms with Gasteiger partial charge in [0.15, 0.2) is 5.56 Å². The quantitative estimate of drug-likeness (QED) is 0.621. The first kappa shape index (κ1) is 17.0. The molecule has 0 atom stereocenters. The fraction of sp³-hybridized carbons (Fsp3) is 0.133. The van der Waals surface area contributed by atoms with Crippen LogP contribution < -0.4 is 10.3 Å². The molecule has 0 saturated heterocycles. The Hall–Kier alpha value is -1.08. The van der Waals surface area contributed by atoms with Crippen LogP contribution in [0.5, 0.6) is 5.75 Å². The van der Waals surface area contributed by atoms with Crippen LogP contribution in [0.3, 0.4) is 0 Å². The van der Waals surface area contributed by atoms with E-state index in [1.807, 2.05) is 0 Å². The minimum Gasteiger partial charge on any atom is -0.481 e. The summed E-state index contributed by atoms with van der Waals surface area (Å²) in [5, 5.41) is 0.479. The smallest absolute Gasteiger partial charge is 0.194 e. The predicted molar refractivity (Wildman–Crippen MR) is 75.3 cm³/mol. The number of benzene rings is 1. The molecule has 2 rings (SSSR count). The molecule has 0 N–H and O–H groups in total. The normalized spacial score (nSPS) is 9.45. The van der Waals surface area contributed by atoms with Crippen molar-refractivity contribution in [1.29, 1.82) is 0 Å². The van der Waals surface area contributed by atoms with Crippen molar-refractivity contribution in [3.05, 3.63) is 51.8 Å². The van der Waals surface area contributed by atoms with E-state index in [9.17, 15) is 4.79 Å². The number of hydrogen-bond donors (Lipinski definition) is 0. The largest absolute Gasteiger partial charge is 0.481 e. The Kier molecular flexibility index (Phi) is 6.48. The summed E-state index contributed by atoms with van der Waals surface area (Å²) in [5.74, 6) is 2.97. The summed E-state index contributed by atoms with van der Waals surface area (Å²) < 4.78 is 6.77. The zero-order valence-corrected chi connectivity index (χ0v) is 14.5. The first-order valence-corrected chi connectivity index (χ1v) is 5.95. The van der Waals surface area contributed by atoms with E-state index in [0.717, 1.165) is 5.56 Å². The summed E-state index contributed by atoms with van der Waals surface area (Å²) in [7, 11) is 1.67. The van der Waals surface area contributed by atoms with Gasteiger partial charge in [-0.25, -0.2) is 0 Å². The zero-order chi connectivity index (χ0) is 13.8. The summed E-state index contributed by atoms with van der Waals surface area (Å²) in [6.07, 6.45) is 5.12. The van der Waals surface area contributed by atoms with Gasteiger partial charge in [-0.3, -0.25) is 4.79 Å². The first-order valence-electron chi connectivity index (χ1n) is 5.57. The standard InChI is InChI=1S/C15H11ClNO2.Y/c1-3-9-19-11-7-8-12(13(16)10-11)14-5-4-6-15(18)17(14)2;/h1,4,6-8,10H,9H2,2H3;/q-1;. The maximum Gasteiger partial charge on any atom is 0.194 e. The van der Waals surface area contributed by atoms with E-state index in [4.69, 9.17) is 22.8 Å². The van der Waals surface area contributed by atoms with E-state index in [-0.39, 0.29) is 44.9 Å². The number of nitrogens with zero attached hydrogens (tertiary/aromatic N) is 1. The van der Waals surface area contributed by atoms with Gasteiger partial charge < -0.3 is 9.30 Å². The first-order chi connectivity index (χ1) is 9.13. The van der Waals surface area contributed by atoms with Crippen LogP contribution in [0.4, 0.5) is 0 Å². The molecule has 0 amide bonds. The summed E-state index contributed by atoms with van der Waals surface area (Å²) in [4.78, 5) is 11.6. The molecule has 0 aliphatic carbocycles. The van der Waals surface area contributed by atoms with Gasteiger partial charge in [-0.05, 0) is 17.2 Å². The van der Waals surface area contributed by atoms with Crippen molar-refractivity contribution in [2.45, 2.75) is 0 Å². The van der Waals surface area contributed by atoms with Gasteiger partial charge in [0, 0.05) is 39.8 Å². The molecule has 3 nitrogen and oxygen atoms in total. The van der Waals surface area contributed by atoms with Crippen molar-refractivity contribution >= 4 is 11.6 Å². The summed E-state index contributed by atoms with van der Waals surface area (Å²) in [5.41, 5.74) is 1.23. The molecule has 0 aliphatic rings. The average Bonchev–Trinajstić information content (AvgIpc) is 2.40. The van der Waals surface area contributed by atoms with E-state index in [1.165, 1.54) is 10.6 Å². The van der Waals surface area contributed by atoms with E-state index in [0.29, 0.717) is 16.5 Å². The number of halogens is 1. The Morgan fingerprint density at radius 3 is 2.85 bits per heavy atom.